The van der Waals surface area contributed by atoms with Gasteiger partial charge < -0.3 is 9.47 Å². The Balaban J connectivity index is 1.56. The SMILES string of the molecule is CCCCCCCCCCCCCCOc1ccc(COC(=O)N(Cc2cccc[n+]2CCC)C(=O)c2ccccc2)cc1C(C)(C)C. The Labute approximate surface area is 290 Å². The molecule has 0 saturated carbocycles. The molecule has 1 aromatic heterocycles. The normalized spacial score (nSPS) is 11.4. The Morgan fingerprint density at radius 1 is 0.729 bits per heavy atom. The fraction of sp³-hybridized carbons (Fsp3) is 0.548. The first-order valence-electron chi connectivity index (χ1n) is 18.5. The summed E-state index contributed by atoms with van der Waals surface area (Å²) in [6, 6.07) is 20.7. The number of carbonyl (C=O) groups excluding carboxylic acids is 2. The van der Waals surface area contributed by atoms with Crippen LogP contribution in [-0.2, 0) is 29.8 Å². The molecule has 6 nitrogen and oxygen atoms in total. The van der Waals surface area contributed by atoms with Crippen LogP contribution < -0.4 is 9.30 Å². The number of hydrogen-bond donors (Lipinski definition) is 0. The molecular formula is C42H61N2O4+. The van der Waals surface area contributed by atoms with E-state index in [1.165, 1.54) is 75.5 Å². The van der Waals surface area contributed by atoms with Crippen LogP contribution in [-0.4, -0.2) is 23.5 Å². The Kier molecular flexibility index (Phi) is 17.2. The Morgan fingerprint density at radius 3 is 1.98 bits per heavy atom. The fourth-order valence-corrected chi connectivity index (χ4v) is 5.96. The van der Waals surface area contributed by atoms with Gasteiger partial charge in [0.25, 0.3) is 5.91 Å². The Bertz CT molecular complexity index is 1370. The summed E-state index contributed by atoms with van der Waals surface area (Å²) in [5.41, 5.74) is 3.10. The highest BCUT2D eigenvalue weighted by Gasteiger charge is 2.28. The van der Waals surface area contributed by atoms with Gasteiger partial charge in [0.2, 0.25) is 5.69 Å². The van der Waals surface area contributed by atoms with Crippen molar-refractivity contribution >= 4 is 12.0 Å². The monoisotopic (exact) mass is 657 g/mol. The van der Waals surface area contributed by atoms with Gasteiger partial charge >= 0.3 is 6.09 Å². The van der Waals surface area contributed by atoms with Crippen molar-refractivity contribution in [3.05, 3.63) is 95.3 Å². The number of aryl methyl sites for hydroxylation is 1. The molecule has 262 valence electrons. The summed E-state index contributed by atoms with van der Waals surface area (Å²) in [5.74, 6) is 0.496. The van der Waals surface area contributed by atoms with E-state index in [-0.39, 0.29) is 24.5 Å². The van der Waals surface area contributed by atoms with Crippen molar-refractivity contribution in [2.24, 2.45) is 0 Å². The lowest BCUT2D eigenvalue weighted by atomic mass is 9.85. The molecule has 0 aliphatic heterocycles. The van der Waals surface area contributed by atoms with Crippen LogP contribution in [0.3, 0.4) is 0 Å². The molecular weight excluding hydrogens is 596 g/mol. The zero-order valence-corrected chi connectivity index (χ0v) is 30.5. The predicted octanol–water partition coefficient (Wildman–Crippen LogP) is 10.7. The highest BCUT2D eigenvalue weighted by molar-refractivity contribution is 6.02. The minimum Gasteiger partial charge on any atom is -0.493 e. The van der Waals surface area contributed by atoms with Crippen LogP contribution in [0, 0.1) is 0 Å². The minimum absolute atomic E-state index is 0.0588. The molecule has 6 heteroatoms. The van der Waals surface area contributed by atoms with Crippen LogP contribution in [0.25, 0.3) is 0 Å². The van der Waals surface area contributed by atoms with Crippen molar-refractivity contribution in [3.8, 4) is 5.75 Å². The third-order valence-electron chi connectivity index (χ3n) is 8.78. The van der Waals surface area contributed by atoms with Crippen LogP contribution in [0.5, 0.6) is 5.75 Å². The van der Waals surface area contributed by atoms with Crippen molar-refractivity contribution < 1.29 is 23.6 Å². The molecule has 0 N–H and O–H groups in total. The second-order valence-electron chi connectivity index (χ2n) is 14.0. The van der Waals surface area contributed by atoms with E-state index in [1.807, 2.05) is 42.6 Å². The average molecular weight is 658 g/mol. The second kappa shape index (κ2) is 21.3. The summed E-state index contributed by atoms with van der Waals surface area (Å²) in [6.07, 6.45) is 18.0. The smallest absolute Gasteiger partial charge is 0.417 e. The van der Waals surface area contributed by atoms with E-state index >= 15 is 0 Å². The molecule has 0 spiro atoms. The molecule has 48 heavy (non-hydrogen) atoms. The van der Waals surface area contributed by atoms with Crippen LogP contribution in [0.15, 0.2) is 72.9 Å². The molecule has 3 aromatic rings. The zero-order chi connectivity index (χ0) is 34.6. The van der Waals surface area contributed by atoms with Gasteiger partial charge in [-0.25, -0.2) is 14.3 Å². The average Bonchev–Trinajstić information content (AvgIpc) is 3.09. The number of carbonyl (C=O) groups is 2. The van der Waals surface area contributed by atoms with Gasteiger partial charge in [-0.3, -0.25) is 4.79 Å². The molecule has 0 fully saturated rings. The molecule has 0 aliphatic rings. The number of aromatic nitrogens is 1. The summed E-state index contributed by atoms with van der Waals surface area (Å²) >= 11 is 0. The summed E-state index contributed by atoms with van der Waals surface area (Å²) in [4.78, 5) is 28.3. The maximum absolute atomic E-state index is 13.6. The molecule has 0 radical (unpaired) electrons. The molecule has 0 atom stereocenters. The first-order chi connectivity index (χ1) is 23.2. The lowest BCUT2D eigenvalue weighted by Gasteiger charge is -2.24. The van der Waals surface area contributed by atoms with Gasteiger partial charge in [0.1, 0.15) is 25.4 Å². The molecule has 0 aliphatic carbocycles. The van der Waals surface area contributed by atoms with Gasteiger partial charge in [0.05, 0.1) is 6.61 Å². The van der Waals surface area contributed by atoms with Gasteiger partial charge in [0, 0.05) is 24.1 Å². The molecule has 1 heterocycles. The van der Waals surface area contributed by atoms with Gasteiger partial charge in [-0.2, -0.15) is 0 Å². The van der Waals surface area contributed by atoms with Crippen molar-refractivity contribution in [1.29, 1.82) is 0 Å². The number of hydrogen-bond acceptors (Lipinski definition) is 4. The van der Waals surface area contributed by atoms with Crippen LogP contribution in [0.2, 0.25) is 0 Å². The fourth-order valence-electron chi connectivity index (χ4n) is 5.96. The summed E-state index contributed by atoms with van der Waals surface area (Å²) in [5, 5.41) is 0. The van der Waals surface area contributed by atoms with Crippen molar-refractivity contribution in [2.75, 3.05) is 6.61 Å². The van der Waals surface area contributed by atoms with E-state index in [2.05, 4.69) is 45.3 Å². The van der Waals surface area contributed by atoms with E-state index in [9.17, 15) is 9.59 Å². The van der Waals surface area contributed by atoms with Gasteiger partial charge in [-0.05, 0) is 47.2 Å². The first-order valence-corrected chi connectivity index (χ1v) is 18.5. The zero-order valence-electron chi connectivity index (χ0n) is 30.5. The minimum atomic E-state index is -0.666. The van der Waals surface area contributed by atoms with E-state index in [4.69, 9.17) is 9.47 Å². The Morgan fingerprint density at radius 2 is 1.35 bits per heavy atom. The largest absolute Gasteiger partial charge is 0.493 e. The number of nitrogens with zero attached hydrogens (tertiary/aromatic N) is 2. The number of unbranched alkanes of at least 4 members (excludes halogenated alkanes) is 11. The van der Waals surface area contributed by atoms with E-state index in [1.54, 1.807) is 24.3 Å². The lowest BCUT2D eigenvalue weighted by molar-refractivity contribution is -0.704. The maximum Gasteiger partial charge on any atom is 0.417 e. The van der Waals surface area contributed by atoms with Gasteiger partial charge in [-0.15, -0.1) is 0 Å². The molecule has 2 amide bonds. The second-order valence-corrected chi connectivity index (χ2v) is 14.0. The maximum atomic E-state index is 13.6. The van der Waals surface area contributed by atoms with Crippen LogP contribution >= 0.6 is 0 Å². The quantitative estimate of drug-likeness (QED) is 0.0845. The van der Waals surface area contributed by atoms with Gasteiger partial charge in [-0.1, -0.05) is 136 Å². The number of benzene rings is 2. The highest BCUT2D eigenvalue weighted by Crippen LogP contribution is 2.33. The standard InChI is InChI=1S/C42H61N2O4/c1-6-8-9-10-11-12-13-14-15-16-17-23-31-47-39-28-27-35(32-38(39)42(3,4)5)34-48-41(46)44(40(45)36-24-19-18-20-25-36)33-37-26-21-22-30-43(37)29-7-2/h18-22,24-28,30,32H,6-17,23,29,31,33-34H2,1-5H3/q+1. The number of pyridine rings is 1. The van der Waals surface area contributed by atoms with Gasteiger partial charge in [0.15, 0.2) is 6.20 Å². The van der Waals surface area contributed by atoms with Crippen LogP contribution in [0.4, 0.5) is 4.79 Å². The van der Waals surface area contributed by atoms with Crippen molar-refractivity contribution in [2.45, 2.75) is 143 Å². The summed E-state index contributed by atoms with van der Waals surface area (Å²) in [6.45, 7) is 12.5. The molecule has 0 saturated heterocycles. The number of rotatable bonds is 21. The van der Waals surface area contributed by atoms with E-state index in [0.29, 0.717) is 12.2 Å². The lowest BCUT2D eigenvalue weighted by Crippen LogP contribution is -2.44. The molecule has 2 aromatic carbocycles. The Hall–Kier alpha value is -3.67. The molecule has 3 rings (SSSR count). The van der Waals surface area contributed by atoms with Crippen LogP contribution in [0.1, 0.15) is 145 Å². The topological polar surface area (TPSA) is 59.7 Å². The van der Waals surface area contributed by atoms with E-state index < -0.39 is 6.09 Å². The number of imide groups is 1. The predicted molar refractivity (Wildman–Crippen MR) is 195 cm³/mol. The first kappa shape index (κ1) is 38.8. The molecule has 0 bridgehead atoms. The van der Waals surface area contributed by atoms with Crippen molar-refractivity contribution in [3.63, 3.8) is 0 Å². The molecule has 0 unspecified atom stereocenters. The number of amides is 2. The highest BCUT2D eigenvalue weighted by atomic mass is 16.6. The van der Waals surface area contributed by atoms with E-state index in [0.717, 1.165) is 42.0 Å². The summed E-state index contributed by atoms with van der Waals surface area (Å²) in [7, 11) is 0. The third-order valence-corrected chi connectivity index (χ3v) is 8.78. The third kappa shape index (κ3) is 13.4. The summed E-state index contributed by atoms with van der Waals surface area (Å²) < 4.78 is 14.2. The van der Waals surface area contributed by atoms with Crippen molar-refractivity contribution in [1.82, 2.24) is 4.90 Å². The number of ether oxygens (including phenoxy) is 2.